The predicted molar refractivity (Wildman–Crippen MR) is 81.0 cm³/mol. The smallest absolute Gasteiger partial charge is 0.220 e. The highest BCUT2D eigenvalue weighted by Gasteiger charge is 2.34. The van der Waals surface area contributed by atoms with Crippen LogP contribution in [0.25, 0.3) is 0 Å². The lowest BCUT2D eigenvalue weighted by atomic mass is 10.2. The van der Waals surface area contributed by atoms with E-state index in [2.05, 4.69) is 29.2 Å². The van der Waals surface area contributed by atoms with Crippen molar-refractivity contribution in [3.8, 4) is 0 Å². The number of methoxy groups -OCH3 is 1. The van der Waals surface area contributed by atoms with Crippen molar-refractivity contribution < 1.29 is 9.53 Å². The molecule has 0 radical (unpaired) electrons. The molecule has 2 rings (SSSR count). The Balaban J connectivity index is 1.83. The highest BCUT2D eigenvalue weighted by molar-refractivity contribution is 5.76. The van der Waals surface area contributed by atoms with Crippen LogP contribution in [0.4, 0.5) is 0 Å². The maximum atomic E-state index is 12.1. The molecular weight excluding hydrogens is 268 g/mol. The van der Waals surface area contributed by atoms with Gasteiger partial charge >= 0.3 is 0 Å². The minimum Gasteiger partial charge on any atom is -0.378 e. The number of aryl methyl sites for hydroxylation is 2. The zero-order valence-electron chi connectivity index (χ0n) is 13.4. The molecule has 0 aromatic carbocycles. The van der Waals surface area contributed by atoms with Gasteiger partial charge in [-0.2, -0.15) is 5.10 Å². The molecule has 0 spiro atoms. The summed E-state index contributed by atoms with van der Waals surface area (Å²) in [4.78, 5) is 14.5. The molecule has 1 saturated heterocycles. The fourth-order valence-corrected chi connectivity index (χ4v) is 2.77. The van der Waals surface area contributed by atoms with E-state index in [9.17, 15) is 4.79 Å². The highest BCUT2D eigenvalue weighted by atomic mass is 16.5. The number of aromatic nitrogens is 2. The number of hydrogen-bond acceptors (Lipinski definition) is 4. The summed E-state index contributed by atoms with van der Waals surface area (Å²) in [6, 6.07) is 2.50. The molecule has 1 aromatic heterocycles. The number of nitrogens with one attached hydrogen (secondary N) is 1. The fraction of sp³-hybridized carbons (Fsp3) is 0.733. The Bertz CT molecular complexity index is 472. The van der Waals surface area contributed by atoms with Crippen LogP contribution in [0.15, 0.2) is 12.3 Å². The van der Waals surface area contributed by atoms with Crippen molar-refractivity contribution in [2.45, 2.75) is 44.9 Å². The second-order valence-corrected chi connectivity index (χ2v) is 5.94. The second kappa shape index (κ2) is 7.04. The number of likely N-dealkylation sites (tertiary alicyclic amines) is 1. The van der Waals surface area contributed by atoms with Gasteiger partial charge < -0.3 is 10.1 Å². The molecular formula is C15H26N4O2. The molecule has 2 atom stereocenters. The lowest BCUT2D eigenvalue weighted by molar-refractivity contribution is -0.122. The number of rotatable bonds is 6. The van der Waals surface area contributed by atoms with Crippen LogP contribution < -0.4 is 5.32 Å². The average molecular weight is 294 g/mol. The van der Waals surface area contributed by atoms with Crippen LogP contribution in [-0.2, 0) is 23.0 Å². The molecule has 6 nitrogen and oxygen atoms in total. The largest absolute Gasteiger partial charge is 0.378 e. The molecule has 1 amide bonds. The standard InChI is InChI=1S/C15H26N4O2/c1-11(2)19-9-13(14(10-19)21-4)17-15(20)6-5-12-7-8-16-18(12)3/h7-8,11,13-14H,5-6,9-10H2,1-4H3,(H,17,20)/t13-,14-/m0/s1. The maximum Gasteiger partial charge on any atom is 0.220 e. The van der Waals surface area contributed by atoms with E-state index in [0.717, 1.165) is 18.8 Å². The van der Waals surface area contributed by atoms with Crippen LogP contribution in [0.3, 0.4) is 0 Å². The molecule has 0 saturated carbocycles. The van der Waals surface area contributed by atoms with E-state index in [1.165, 1.54) is 0 Å². The van der Waals surface area contributed by atoms with Crippen molar-refractivity contribution >= 4 is 5.91 Å². The van der Waals surface area contributed by atoms with E-state index in [1.807, 2.05) is 13.1 Å². The number of nitrogens with zero attached hydrogens (tertiary/aromatic N) is 3. The summed E-state index contributed by atoms with van der Waals surface area (Å²) in [6.07, 6.45) is 3.02. The van der Waals surface area contributed by atoms with Crippen molar-refractivity contribution in [2.75, 3.05) is 20.2 Å². The topological polar surface area (TPSA) is 59.4 Å². The van der Waals surface area contributed by atoms with Gasteiger partial charge in [-0.25, -0.2) is 0 Å². The number of carbonyl (C=O) groups is 1. The zero-order valence-corrected chi connectivity index (χ0v) is 13.4. The Labute approximate surface area is 126 Å². The Kier molecular flexibility index (Phi) is 5.36. The Morgan fingerprint density at radius 1 is 1.52 bits per heavy atom. The van der Waals surface area contributed by atoms with Gasteiger partial charge in [-0.3, -0.25) is 14.4 Å². The molecule has 0 bridgehead atoms. The van der Waals surface area contributed by atoms with Crippen molar-refractivity contribution in [3.05, 3.63) is 18.0 Å². The Morgan fingerprint density at radius 3 is 2.86 bits per heavy atom. The summed E-state index contributed by atoms with van der Waals surface area (Å²) in [5, 5.41) is 7.22. The molecule has 1 aliphatic heterocycles. The van der Waals surface area contributed by atoms with Crippen LogP contribution in [0, 0.1) is 0 Å². The van der Waals surface area contributed by atoms with E-state index in [4.69, 9.17) is 4.74 Å². The third-order valence-electron chi connectivity index (χ3n) is 4.20. The van der Waals surface area contributed by atoms with Crippen LogP contribution >= 0.6 is 0 Å². The molecule has 1 N–H and O–H groups in total. The molecule has 21 heavy (non-hydrogen) atoms. The van der Waals surface area contributed by atoms with E-state index in [0.29, 0.717) is 18.9 Å². The Hall–Kier alpha value is -1.40. The van der Waals surface area contributed by atoms with E-state index >= 15 is 0 Å². The second-order valence-electron chi connectivity index (χ2n) is 5.94. The van der Waals surface area contributed by atoms with Crippen molar-refractivity contribution in [1.29, 1.82) is 0 Å². The van der Waals surface area contributed by atoms with Crippen LogP contribution in [-0.4, -0.2) is 59.0 Å². The van der Waals surface area contributed by atoms with Gasteiger partial charge in [0.25, 0.3) is 0 Å². The van der Waals surface area contributed by atoms with E-state index in [-0.39, 0.29) is 18.1 Å². The SMILES string of the molecule is CO[C@H]1CN(C(C)C)C[C@@H]1NC(=O)CCc1ccnn1C. The van der Waals surface area contributed by atoms with Crippen LogP contribution in [0.1, 0.15) is 26.0 Å². The Morgan fingerprint density at radius 2 is 2.29 bits per heavy atom. The molecule has 1 aliphatic rings. The number of amides is 1. The lowest BCUT2D eigenvalue weighted by Gasteiger charge is -2.20. The fourth-order valence-electron chi connectivity index (χ4n) is 2.77. The van der Waals surface area contributed by atoms with Crippen molar-refractivity contribution in [1.82, 2.24) is 20.0 Å². The molecule has 1 fully saturated rings. The van der Waals surface area contributed by atoms with Gasteiger partial charge in [0.2, 0.25) is 5.91 Å². The van der Waals surface area contributed by atoms with Gasteiger partial charge in [0.15, 0.2) is 0 Å². The third kappa shape index (κ3) is 4.04. The summed E-state index contributed by atoms with van der Waals surface area (Å²) >= 11 is 0. The molecule has 1 aromatic rings. The van der Waals surface area contributed by atoms with E-state index < -0.39 is 0 Å². The first-order chi connectivity index (χ1) is 10.0. The molecule has 0 unspecified atom stereocenters. The van der Waals surface area contributed by atoms with Crippen LogP contribution in [0.5, 0.6) is 0 Å². The van der Waals surface area contributed by atoms with Crippen molar-refractivity contribution in [2.24, 2.45) is 7.05 Å². The first-order valence-corrected chi connectivity index (χ1v) is 7.54. The maximum absolute atomic E-state index is 12.1. The first kappa shape index (κ1) is 16.0. The molecule has 6 heteroatoms. The minimum absolute atomic E-state index is 0.0769. The molecule has 118 valence electrons. The first-order valence-electron chi connectivity index (χ1n) is 7.54. The number of hydrogen-bond donors (Lipinski definition) is 1. The monoisotopic (exact) mass is 294 g/mol. The zero-order chi connectivity index (χ0) is 15.4. The average Bonchev–Trinajstić information content (AvgIpc) is 3.02. The van der Waals surface area contributed by atoms with Crippen LogP contribution in [0.2, 0.25) is 0 Å². The van der Waals surface area contributed by atoms with Gasteiger partial charge in [0.1, 0.15) is 0 Å². The summed E-state index contributed by atoms with van der Waals surface area (Å²) in [5.41, 5.74) is 1.07. The minimum atomic E-state index is 0.0769. The van der Waals surface area contributed by atoms with Gasteiger partial charge in [-0.05, 0) is 26.3 Å². The quantitative estimate of drug-likeness (QED) is 0.833. The van der Waals surface area contributed by atoms with E-state index in [1.54, 1.807) is 18.0 Å². The molecule has 0 aliphatic carbocycles. The third-order valence-corrected chi connectivity index (χ3v) is 4.20. The van der Waals surface area contributed by atoms with Gasteiger partial charge in [-0.1, -0.05) is 0 Å². The molecule has 2 heterocycles. The number of carbonyl (C=O) groups excluding carboxylic acids is 1. The highest BCUT2D eigenvalue weighted by Crippen LogP contribution is 2.16. The predicted octanol–water partition coefficient (Wildman–Crippen LogP) is 0.577. The lowest BCUT2D eigenvalue weighted by Crippen LogP contribution is -2.43. The van der Waals surface area contributed by atoms with Gasteiger partial charge in [-0.15, -0.1) is 0 Å². The summed E-state index contributed by atoms with van der Waals surface area (Å²) in [7, 11) is 3.61. The summed E-state index contributed by atoms with van der Waals surface area (Å²) < 4.78 is 7.31. The van der Waals surface area contributed by atoms with Gasteiger partial charge in [0, 0.05) is 51.6 Å². The van der Waals surface area contributed by atoms with Gasteiger partial charge in [0.05, 0.1) is 12.1 Å². The normalized spacial score (nSPS) is 22.9. The summed E-state index contributed by atoms with van der Waals surface area (Å²) in [5.74, 6) is 0.0776. The number of ether oxygens (including phenoxy) is 1. The van der Waals surface area contributed by atoms with Crippen molar-refractivity contribution in [3.63, 3.8) is 0 Å². The summed E-state index contributed by atoms with van der Waals surface area (Å²) in [6.45, 7) is 6.06.